The number of para-hydroxylation sites is 1. The summed E-state index contributed by atoms with van der Waals surface area (Å²) < 4.78 is 13.8. The van der Waals surface area contributed by atoms with Crippen molar-refractivity contribution in [2.45, 2.75) is 44.6 Å². The molecule has 1 aromatic rings. The highest BCUT2D eigenvalue weighted by atomic mass is 19.1. The van der Waals surface area contributed by atoms with Gasteiger partial charge < -0.3 is 20.0 Å². The van der Waals surface area contributed by atoms with Gasteiger partial charge >= 0.3 is 6.03 Å². The highest BCUT2D eigenvalue weighted by Gasteiger charge is 2.39. The maximum absolute atomic E-state index is 13.8. The second-order valence-corrected chi connectivity index (χ2v) is 8.51. The van der Waals surface area contributed by atoms with Crippen LogP contribution in [0, 0.1) is 11.7 Å². The van der Waals surface area contributed by atoms with Crippen molar-refractivity contribution in [1.82, 2.24) is 14.7 Å². The quantitative estimate of drug-likeness (QED) is 0.795. The number of amides is 3. The number of nitrogens with zero attached hydrogens (tertiary/aromatic N) is 3. The van der Waals surface area contributed by atoms with E-state index in [1.807, 2.05) is 4.90 Å². The molecule has 4 rings (SSSR count). The number of rotatable bonds is 6. The summed E-state index contributed by atoms with van der Waals surface area (Å²) in [4.78, 5) is 31.7. The van der Waals surface area contributed by atoms with Crippen molar-refractivity contribution in [3.05, 3.63) is 30.1 Å². The SMILES string of the molecule is O=C(Nc1ccccc1F)N1CCC(N(CCN2CCCCC2)C(=O)C2CC2)C1. The normalized spacial score (nSPS) is 22.5. The van der Waals surface area contributed by atoms with Crippen LogP contribution in [0.25, 0.3) is 0 Å². The zero-order chi connectivity index (χ0) is 20.2. The van der Waals surface area contributed by atoms with E-state index >= 15 is 0 Å². The summed E-state index contributed by atoms with van der Waals surface area (Å²) in [5, 5.41) is 2.66. The fourth-order valence-electron chi connectivity index (χ4n) is 4.41. The monoisotopic (exact) mass is 402 g/mol. The molecule has 1 N–H and O–H groups in total. The van der Waals surface area contributed by atoms with Crippen molar-refractivity contribution in [2.24, 2.45) is 5.92 Å². The summed E-state index contributed by atoms with van der Waals surface area (Å²) in [5.74, 6) is -0.00955. The number of hydrogen-bond acceptors (Lipinski definition) is 3. The number of piperidine rings is 1. The van der Waals surface area contributed by atoms with Gasteiger partial charge in [0.05, 0.1) is 11.7 Å². The molecule has 3 fully saturated rings. The second kappa shape index (κ2) is 9.11. The lowest BCUT2D eigenvalue weighted by molar-refractivity contribution is -0.135. The smallest absolute Gasteiger partial charge is 0.321 e. The maximum atomic E-state index is 13.8. The Hall–Kier alpha value is -2.15. The number of urea groups is 1. The molecule has 1 atom stereocenters. The fourth-order valence-corrected chi connectivity index (χ4v) is 4.41. The topological polar surface area (TPSA) is 55.9 Å². The largest absolute Gasteiger partial charge is 0.336 e. The van der Waals surface area contributed by atoms with Crippen LogP contribution in [-0.2, 0) is 4.79 Å². The average Bonchev–Trinajstić information content (AvgIpc) is 3.48. The van der Waals surface area contributed by atoms with Gasteiger partial charge in [-0.25, -0.2) is 9.18 Å². The third kappa shape index (κ3) is 5.07. The fraction of sp³-hybridized carbons (Fsp3) is 0.636. The summed E-state index contributed by atoms with van der Waals surface area (Å²) in [5.41, 5.74) is 0.192. The van der Waals surface area contributed by atoms with Gasteiger partial charge in [0.1, 0.15) is 5.82 Å². The number of carbonyl (C=O) groups is 2. The van der Waals surface area contributed by atoms with Crippen LogP contribution >= 0.6 is 0 Å². The van der Waals surface area contributed by atoms with E-state index in [0.717, 1.165) is 45.4 Å². The lowest BCUT2D eigenvalue weighted by atomic mass is 10.1. The molecule has 0 radical (unpaired) electrons. The lowest BCUT2D eigenvalue weighted by Crippen LogP contribution is -2.47. The van der Waals surface area contributed by atoms with E-state index in [0.29, 0.717) is 13.1 Å². The van der Waals surface area contributed by atoms with Crippen molar-refractivity contribution < 1.29 is 14.0 Å². The Bertz CT molecular complexity index is 733. The minimum atomic E-state index is -0.441. The molecule has 158 valence electrons. The van der Waals surface area contributed by atoms with Crippen LogP contribution in [0.5, 0.6) is 0 Å². The van der Waals surface area contributed by atoms with E-state index in [1.165, 1.54) is 25.3 Å². The minimum Gasteiger partial charge on any atom is -0.336 e. The van der Waals surface area contributed by atoms with Crippen molar-refractivity contribution in [3.8, 4) is 0 Å². The Balaban J connectivity index is 1.35. The number of halogens is 1. The predicted octanol–water partition coefficient (Wildman–Crippen LogP) is 3.16. The van der Waals surface area contributed by atoms with Gasteiger partial charge in [-0.3, -0.25) is 4.79 Å². The Morgan fingerprint density at radius 1 is 1.07 bits per heavy atom. The number of carbonyl (C=O) groups excluding carboxylic acids is 2. The number of benzene rings is 1. The van der Waals surface area contributed by atoms with E-state index in [2.05, 4.69) is 10.2 Å². The molecular weight excluding hydrogens is 371 g/mol. The second-order valence-electron chi connectivity index (χ2n) is 8.51. The van der Waals surface area contributed by atoms with Gasteiger partial charge in [-0.2, -0.15) is 0 Å². The summed E-state index contributed by atoms with van der Waals surface area (Å²) in [6, 6.07) is 5.94. The molecule has 1 unspecified atom stereocenters. The number of hydrogen-bond donors (Lipinski definition) is 1. The molecular formula is C22H31FN4O2. The zero-order valence-corrected chi connectivity index (χ0v) is 17.0. The van der Waals surface area contributed by atoms with Crippen LogP contribution in [0.1, 0.15) is 38.5 Å². The van der Waals surface area contributed by atoms with Gasteiger partial charge in [-0.15, -0.1) is 0 Å². The van der Waals surface area contributed by atoms with Crippen molar-refractivity contribution in [2.75, 3.05) is 44.6 Å². The summed E-state index contributed by atoms with van der Waals surface area (Å²) in [6.45, 7) is 4.99. The molecule has 6 nitrogen and oxygen atoms in total. The molecule has 2 aliphatic heterocycles. The van der Waals surface area contributed by atoms with Crippen LogP contribution in [-0.4, -0.2) is 71.9 Å². The zero-order valence-electron chi connectivity index (χ0n) is 17.0. The first kappa shape index (κ1) is 20.1. The molecule has 7 heteroatoms. The maximum Gasteiger partial charge on any atom is 0.321 e. The van der Waals surface area contributed by atoms with E-state index in [9.17, 15) is 14.0 Å². The van der Waals surface area contributed by atoms with Crippen LogP contribution in [0.4, 0.5) is 14.9 Å². The Morgan fingerprint density at radius 3 is 2.55 bits per heavy atom. The van der Waals surface area contributed by atoms with Crippen molar-refractivity contribution in [3.63, 3.8) is 0 Å². The van der Waals surface area contributed by atoms with Crippen molar-refractivity contribution in [1.29, 1.82) is 0 Å². The summed E-state index contributed by atoms with van der Waals surface area (Å²) >= 11 is 0. The van der Waals surface area contributed by atoms with E-state index in [-0.39, 0.29) is 29.6 Å². The molecule has 2 saturated heterocycles. The first-order valence-corrected chi connectivity index (χ1v) is 10.9. The van der Waals surface area contributed by atoms with E-state index in [1.54, 1.807) is 23.1 Å². The molecule has 0 bridgehead atoms. The molecule has 29 heavy (non-hydrogen) atoms. The van der Waals surface area contributed by atoms with Gasteiger partial charge in [-0.05, 0) is 57.3 Å². The minimum absolute atomic E-state index is 0.0549. The van der Waals surface area contributed by atoms with Gasteiger partial charge in [0.15, 0.2) is 0 Å². The summed E-state index contributed by atoms with van der Waals surface area (Å²) in [7, 11) is 0. The van der Waals surface area contributed by atoms with E-state index in [4.69, 9.17) is 0 Å². The molecule has 0 aromatic heterocycles. The van der Waals surface area contributed by atoms with Crippen molar-refractivity contribution >= 4 is 17.6 Å². The number of anilines is 1. The molecule has 2 heterocycles. The third-order valence-electron chi connectivity index (χ3n) is 6.32. The van der Waals surface area contributed by atoms with Gasteiger partial charge in [0, 0.05) is 32.1 Å². The molecule has 0 spiro atoms. The first-order chi connectivity index (χ1) is 14.1. The van der Waals surface area contributed by atoms with Crippen LogP contribution in [0.3, 0.4) is 0 Å². The van der Waals surface area contributed by atoms with Crippen LogP contribution in [0.15, 0.2) is 24.3 Å². The number of nitrogens with one attached hydrogen (secondary N) is 1. The molecule has 1 saturated carbocycles. The molecule has 3 aliphatic rings. The first-order valence-electron chi connectivity index (χ1n) is 10.9. The number of likely N-dealkylation sites (tertiary alicyclic amines) is 2. The highest BCUT2D eigenvalue weighted by molar-refractivity contribution is 5.89. The molecule has 1 aromatic carbocycles. The van der Waals surface area contributed by atoms with Gasteiger partial charge in [0.25, 0.3) is 0 Å². The predicted molar refractivity (Wildman–Crippen MR) is 110 cm³/mol. The van der Waals surface area contributed by atoms with Gasteiger partial charge in [-0.1, -0.05) is 18.6 Å². The van der Waals surface area contributed by atoms with Crippen LogP contribution < -0.4 is 5.32 Å². The standard InChI is InChI=1S/C22H31FN4O2/c23-19-6-2-3-7-20(19)24-22(29)26-13-10-18(16-26)27(21(28)17-8-9-17)15-14-25-11-4-1-5-12-25/h2-3,6-7,17-18H,1,4-5,8-16H2,(H,24,29). The summed E-state index contributed by atoms with van der Waals surface area (Å²) in [6.07, 6.45) is 6.54. The van der Waals surface area contributed by atoms with Crippen LogP contribution in [0.2, 0.25) is 0 Å². The van der Waals surface area contributed by atoms with Gasteiger partial charge in [0.2, 0.25) is 5.91 Å². The van der Waals surface area contributed by atoms with E-state index < -0.39 is 5.82 Å². The highest BCUT2D eigenvalue weighted by Crippen LogP contribution is 2.33. The Morgan fingerprint density at radius 2 is 1.83 bits per heavy atom. The third-order valence-corrected chi connectivity index (χ3v) is 6.32. The average molecular weight is 403 g/mol. The Labute approximate surface area is 172 Å². The lowest BCUT2D eigenvalue weighted by Gasteiger charge is -2.33. The molecule has 3 amide bonds. The Kier molecular flexibility index (Phi) is 6.33. The molecule has 1 aliphatic carbocycles.